The Morgan fingerprint density at radius 1 is 1.12 bits per heavy atom. The molecule has 2 aromatic rings. The van der Waals surface area contributed by atoms with Crippen molar-refractivity contribution in [3.8, 4) is 17.0 Å². The van der Waals surface area contributed by atoms with Gasteiger partial charge in [-0.15, -0.1) is 10.2 Å². The van der Waals surface area contributed by atoms with Crippen molar-refractivity contribution in [2.24, 2.45) is 0 Å². The maximum Gasteiger partial charge on any atom is 0.148 e. The maximum atomic E-state index is 9.21. The minimum Gasteiger partial charge on any atom is -0.508 e. The molecular weight excluding hydrogens is 202 g/mol. The molecule has 2 rings (SSSR count). The van der Waals surface area contributed by atoms with Gasteiger partial charge in [0, 0.05) is 12.6 Å². The van der Waals surface area contributed by atoms with Crippen LogP contribution in [0.25, 0.3) is 11.3 Å². The van der Waals surface area contributed by atoms with Gasteiger partial charge in [-0.25, -0.2) is 0 Å². The molecule has 16 heavy (non-hydrogen) atoms. The Labute approximate surface area is 94.0 Å². The Balaban J connectivity index is 2.44. The molecule has 1 aromatic carbocycles. The lowest BCUT2D eigenvalue weighted by molar-refractivity contribution is 0.475. The highest BCUT2D eigenvalue weighted by Crippen LogP contribution is 2.23. The number of rotatable bonds is 2. The molecule has 0 spiro atoms. The van der Waals surface area contributed by atoms with E-state index < -0.39 is 0 Å². The van der Waals surface area contributed by atoms with E-state index in [0.717, 1.165) is 22.6 Å². The average Bonchev–Trinajstić information content (AvgIpc) is 2.30. The number of nitrogens with zero attached hydrogens (tertiary/aromatic N) is 2. The molecule has 0 fully saturated rings. The van der Waals surface area contributed by atoms with Crippen LogP contribution < -0.4 is 5.32 Å². The van der Waals surface area contributed by atoms with Crippen molar-refractivity contribution >= 4 is 5.82 Å². The second kappa shape index (κ2) is 4.18. The molecule has 1 heterocycles. The first-order valence-electron chi connectivity index (χ1n) is 5.02. The lowest BCUT2D eigenvalue weighted by Crippen LogP contribution is -1.98. The summed E-state index contributed by atoms with van der Waals surface area (Å²) in [7, 11) is 1.81. The van der Waals surface area contributed by atoms with Gasteiger partial charge in [0.2, 0.25) is 0 Å². The number of benzene rings is 1. The topological polar surface area (TPSA) is 58.0 Å². The fourth-order valence-corrected chi connectivity index (χ4v) is 1.51. The van der Waals surface area contributed by atoms with Crippen LogP contribution in [0.15, 0.2) is 30.3 Å². The van der Waals surface area contributed by atoms with Gasteiger partial charge >= 0.3 is 0 Å². The summed E-state index contributed by atoms with van der Waals surface area (Å²) in [5, 5.41) is 20.3. The Kier molecular flexibility index (Phi) is 2.72. The quantitative estimate of drug-likeness (QED) is 0.806. The molecule has 4 nitrogen and oxygen atoms in total. The number of aromatic nitrogens is 2. The fourth-order valence-electron chi connectivity index (χ4n) is 1.51. The fraction of sp³-hybridized carbons (Fsp3) is 0.167. The Morgan fingerprint density at radius 3 is 2.38 bits per heavy atom. The SMILES string of the molecule is CNc1cc(C)c(-c2ccc(O)cc2)nn1. The summed E-state index contributed by atoms with van der Waals surface area (Å²) in [5.41, 5.74) is 2.83. The highest BCUT2D eigenvalue weighted by Gasteiger charge is 2.05. The highest BCUT2D eigenvalue weighted by atomic mass is 16.3. The first-order valence-corrected chi connectivity index (χ1v) is 5.02. The van der Waals surface area contributed by atoms with Crippen LogP contribution in [0.2, 0.25) is 0 Å². The number of hydrogen-bond acceptors (Lipinski definition) is 4. The largest absolute Gasteiger partial charge is 0.508 e. The van der Waals surface area contributed by atoms with E-state index in [9.17, 15) is 5.11 Å². The molecule has 0 aliphatic heterocycles. The molecule has 0 bridgehead atoms. The molecule has 2 N–H and O–H groups in total. The van der Waals surface area contributed by atoms with Crippen molar-refractivity contribution in [3.63, 3.8) is 0 Å². The third-order valence-corrected chi connectivity index (χ3v) is 2.38. The monoisotopic (exact) mass is 215 g/mol. The van der Waals surface area contributed by atoms with Gasteiger partial charge in [0.05, 0.1) is 5.69 Å². The lowest BCUT2D eigenvalue weighted by Gasteiger charge is -2.06. The first kappa shape index (κ1) is 10.4. The van der Waals surface area contributed by atoms with Crippen molar-refractivity contribution in [2.45, 2.75) is 6.92 Å². The number of nitrogens with one attached hydrogen (secondary N) is 1. The predicted molar refractivity (Wildman–Crippen MR) is 63.4 cm³/mol. The van der Waals surface area contributed by atoms with Gasteiger partial charge < -0.3 is 10.4 Å². The van der Waals surface area contributed by atoms with E-state index in [0.29, 0.717) is 0 Å². The van der Waals surface area contributed by atoms with E-state index in [1.54, 1.807) is 12.1 Å². The zero-order valence-electron chi connectivity index (χ0n) is 9.23. The smallest absolute Gasteiger partial charge is 0.148 e. The minimum absolute atomic E-state index is 0.251. The van der Waals surface area contributed by atoms with E-state index in [2.05, 4.69) is 15.5 Å². The Morgan fingerprint density at radius 2 is 1.81 bits per heavy atom. The van der Waals surface area contributed by atoms with Crippen LogP contribution in [-0.4, -0.2) is 22.4 Å². The number of phenols is 1. The van der Waals surface area contributed by atoms with Gasteiger partial charge in [0.15, 0.2) is 0 Å². The normalized spacial score (nSPS) is 10.1. The summed E-state index contributed by atoms with van der Waals surface area (Å²) in [5.74, 6) is 1.00. The van der Waals surface area contributed by atoms with Crippen LogP contribution in [0.4, 0.5) is 5.82 Å². The van der Waals surface area contributed by atoms with E-state index in [1.807, 2.05) is 32.2 Å². The van der Waals surface area contributed by atoms with Crippen molar-refractivity contribution in [1.82, 2.24) is 10.2 Å². The molecule has 0 saturated carbocycles. The number of aryl methyl sites for hydroxylation is 1. The van der Waals surface area contributed by atoms with Crippen LogP contribution in [0.1, 0.15) is 5.56 Å². The van der Waals surface area contributed by atoms with Crippen molar-refractivity contribution in [1.29, 1.82) is 0 Å². The molecule has 0 saturated heterocycles. The van der Waals surface area contributed by atoms with E-state index >= 15 is 0 Å². The number of phenolic OH excluding ortho intramolecular Hbond substituents is 1. The average molecular weight is 215 g/mol. The first-order chi connectivity index (χ1) is 7.70. The van der Waals surface area contributed by atoms with Gasteiger partial charge in [-0.2, -0.15) is 0 Å². The van der Waals surface area contributed by atoms with E-state index in [1.165, 1.54) is 0 Å². The van der Waals surface area contributed by atoms with E-state index in [-0.39, 0.29) is 5.75 Å². The third kappa shape index (κ3) is 1.95. The number of aromatic hydroxyl groups is 1. The zero-order valence-corrected chi connectivity index (χ0v) is 9.23. The van der Waals surface area contributed by atoms with Crippen LogP contribution in [0.3, 0.4) is 0 Å². The standard InChI is InChI=1S/C12H13N3O/c1-8-7-11(13-2)14-15-12(8)9-3-5-10(16)6-4-9/h3-7,16H,1-2H3,(H,13,14). The van der Waals surface area contributed by atoms with Crippen molar-refractivity contribution < 1.29 is 5.11 Å². The van der Waals surface area contributed by atoms with Crippen LogP contribution in [0, 0.1) is 6.92 Å². The number of hydrogen-bond donors (Lipinski definition) is 2. The Hall–Kier alpha value is -2.10. The molecular formula is C12H13N3O. The molecule has 0 aliphatic carbocycles. The van der Waals surface area contributed by atoms with Crippen LogP contribution >= 0.6 is 0 Å². The predicted octanol–water partition coefficient (Wildman–Crippen LogP) is 2.20. The summed E-state index contributed by atoms with van der Waals surface area (Å²) in [6.07, 6.45) is 0. The zero-order chi connectivity index (χ0) is 11.5. The van der Waals surface area contributed by atoms with Crippen LogP contribution in [0.5, 0.6) is 5.75 Å². The molecule has 4 heteroatoms. The second-order valence-electron chi connectivity index (χ2n) is 3.56. The number of anilines is 1. The highest BCUT2D eigenvalue weighted by molar-refractivity contribution is 5.64. The molecule has 0 atom stereocenters. The van der Waals surface area contributed by atoms with Crippen LogP contribution in [-0.2, 0) is 0 Å². The van der Waals surface area contributed by atoms with Gasteiger partial charge in [-0.1, -0.05) is 0 Å². The summed E-state index contributed by atoms with van der Waals surface area (Å²) >= 11 is 0. The van der Waals surface area contributed by atoms with E-state index in [4.69, 9.17) is 0 Å². The minimum atomic E-state index is 0.251. The van der Waals surface area contributed by atoms with Crippen molar-refractivity contribution in [2.75, 3.05) is 12.4 Å². The molecule has 0 aliphatic rings. The third-order valence-electron chi connectivity index (χ3n) is 2.38. The second-order valence-corrected chi connectivity index (χ2v) is 3.56. The van der Waals surface area contributed by atoms with Gasteiger partial charge in [-0.3, -0.25) is 0 Å². The van der Waals surface area contributed by atoms with Gasteiger partial charge in [-0.05, 0) is 42.8 Å². The molecule has 0 radical (unpaired) electrons. The molecule has 0 unspecified atom stereocenters. The van der Waals surface area contributed by atoms with Gasteiger partial charge in [0.25, 0.3) is 0 Å². The summed E-state index contributed by atoms with van der Waals surface area (Å²) in [6.45, 7) is 1.98. The summed E-state index contributed by atoms with van der Waals surface area (Å²) in [4.78, 5) is 0. The molecule has 1 aromatic heterocycles. The maximum absolute atomic E-state index is 9.21. The summed E-state index contributed by atoms with van der Waals surface area (Å²) in [6, 6.07) is 8.87. The molecule has 0 amide bonds. The van der Waals surface area contributed by atoms with Gasteiger partial charge in [0.1, 0.15) is 11.6 Å². The molecule has 82 valence electrons. The summed E-state index contributed by atoms with van der Waals surface area (Å²) < 4.78 is 0. The Bertz CT molecular complexity index is 494. The van der Waals surface area contributed by atoms with Crippen molar-refractivity contribution in [3.05, 3.63) is 35.9 Å². The lowest BCUT2D eigenvalue weighted by atomic mass is 10.1.